The lowest BCUT2D eigenvalue weighted by atomic mass is 9.85. The Morgan fingerprint density at radius 2 is 1.00 bits per heavy atom. The first-order valence-electron chi connectivity index (χ1n) is 5.44. The first kappa shape index (κ1) is 12.0. The highest BCUT2D eigenvalue weighted by molar-refractivity contribution is 4.70. The molecule has 3 fully saturated rings. The molecule has 0 aliphatic carbocycles. The van der Waals surface area contributed by atoms with Crippen molar-refractivity contribution in [3.63, 3.8) is 0 Å². The maximum Gasteiger partial charge on any atom is 0.0701 e. The molecule has 3 nitrogen and oxygen atoms in total. The molecule has 0 amide bonds. The Kier molecular flexibility index (Phi) is 5.45. The Balaban J connectivity index is 0.000000132. The zero-order valence-electron chi connectivity index (χ0n) is 9.38. The SMILES string of the molecule is C1CO1.C1CO1.CC1(C)CCOCC1. The van der Waals surface area contributed by atoms with Crippen molar-refractivity contribution < 1.29 is 14.2 Å². The van der Waals surface area contributed by atoms with Gasteiger partial charge in [0.1, 0.15) is 0 Å². The molecule has 0 atom stereocenters. The van der Waals surface area contributed by atoms with Crippen LogP contribution in [0, 0.1) is 5.41 Å². The summed E-state index contributed by atoms with van der Waals surface area (Å²) in [6, 6.07) is 0. The van der Waals surface area contributed by atoms with Gasteiger partial charge in [-0.25, -0.2) is 0 Å². The van der Waals surface area contributed by atoms with Gasteiger partial charge in [0.2, 0.25) is 0 Å². The maximum absolute atomic E-state index is 5.21. The Morgan fingerprint density at radius 3 is 1.14 bits per heavy atom. The molecule has 0 saturated carbocycles. The zero-order valence-corrected chi connectivity index (χ0v) is 9.38. The quantitative estimate of drug-likeness (QED) is 0.562. The Bertz CT molecular complexity index is 122. The van der Waals surface area contributed by atoms with Gasteiger partial charge in [0.25, 0.3) is 0 Å². The van der Waals surface area contributed by atoms with E-state index in [0.29, 0.717) is 5.41 Å². The van der Waals surface area contributed by atoms with Crippen molar-refractivity contribution in [2.75, 3.05) is 39.6 Å². The predicted molar refractivity (Wildman–Crippen MR) is 55.5 cm³/mol. The maximum atomic E-state index is 5.21. The molecule has 0 N–H and O–H groups in total. The fraction of sp³-hybridized carbons (Fsp3) is 1.00. The van der Waals surface area contributed by atoms with Crippen molar-refractivity contribution in [1.82, 2.24) is 0 Å². The minimum absolute atomic E-state index is 0.554. The van der Waals surface area contributed by atoms with Gasteiger partial charge in [0.15, 0.2) is 0 Å². The van der Waals surface area contributed by atoms with E-state index in [-0.39, 0.29) is 0 Å². The lowest BCUT2D eigenvalue weighted by molar-refractivity contribution is 0.0327. The monoisotopic (exact) mass is 202 g/mol. The fourth-order valence-electron chi connectivity index (χ4n) is 0.924. The minimum Gasteiger partial charge on any atom is -0.381 e. The molecule has 3 rings (SSSR count). The van der Waals surface area contributed by atoms with Crippen LogP contribution in [0.15, 0.2) is 0 Å². The lowest BCUT2D eigenvalue weighted by Crippen LogP contribution is -2.22. The van der Waals surface area contributed by atoms with Crippen LogP contribution in [-0.2, 0) is 14.2 Å². The first-order valence-corrected chi connectivity index (χ1v) is 5.44. The summed E-state index contributed by atoms with van der Waals surface area (Å²) in [5.74, 6) is 0. The van der Waals surface area contributed by atoms with Crippen LogP contribution in [0.2, 0.25) is 0 Å². The molecule has 0 unspecified atom stereocenters. The number of hydrogen-bond acceptors (Lipinski definition) is 3. The standard InChI is InChI=1S/C7H14O.2C2H4O/c1-7(2)3-5-8-6-4-7;2*1-2-3-1/h3-6H2,1-2H3;2*1-2H2. The molecule has 0 bridgehead atoms. The lowest BCUT2D eigenvalue weighted by Gasteiger charge is -2.28. The smallest absolute Gasteiger partial charge is 0.0701 e. The van der Waals surface area contributed by atoms with E-state index in [4.69, 9.17) is 4.74 Å². The van der Waals surface area contributed by atoms with Gasteiger partial charge in [-0.05, 0) is 18.3 Å². The van der Waals surface area contributed by atoms with Crippen molar-refractivity contribution in [3.05, 3.63) is 0 Å². The van der Waals surface area contributed by atoms with Crippen LogP contribution >= 0.6 is 0 Å². The van der Waals surface area contributed by atoms with Crippen LogP contribution in [-0.4, -0.2) is 39.6 Å². The van der Waals surface area contributed by atoms with E-state index in [1.807, 2.05) is 0 Å². The van der Waals surface area contributed by atoms with Gasteiger partial charge in [0, 0.05) is 13.2 Å². The van der Waals surface area contributed by atoms with Crippen LogP contribution in [0.5, 0.6) is 0 Å². The minimum atomic E-state index is 0.554. The van der Waals surface area contributed by atoms with Gasteiger partial charge in [-0.2, -0.15) is 0 Å². The average Bonchev–Trinajstić information content (AvgIpc) is 2.97. The second-order valence-electron chi connectivity index (χ2n) is 4.50. The molecule has 14 heavy (non-hydrogen) atoms. The van der Waals surface area contributed by atoms with Crippen LogP contribution in [0.3, 0.4) is 0 Å². The van der Waals surface area contributed by atoms with Crippen LogP contribution in [0.1, 0.15) is 26.7 Å². The third-order valence-corrected chi connectivity index (χ3v) is 2.25. The summed E-state index contributed by atoms with van der Waals surface area (Å²) < 4.78 is 14.2. The van der Waals surface area contributed by atoms with Crippen molar-refractivity contribution in [2.24, 2.45) is 5.41 Å². The molecule has 0 spiro atoms. The van der Waals surface area contributed by atoms with E-state index in [9.17, 15) is 0 Å². The average molecular weight is 202 g/mol. The first-order chi connectivity index (χ1) is 6.71. The van der Waals surface area contributed by atoms with E-state index in [0.717, 1.165) is 39.6 Å². The molecular weight excluding hydrogens is 180 g/mol. The third kappa shape index (κ3) is 9.96. The van der Waals surface area contributed by atoms with Crippen LogP contribution in [0.25, 0.3) is 0 Å². The fourth-order valence-corrected chi connectivity index (χ4v) is 0.924. The van der Waals surface area contributed by atoms with Gasteiger partial charge < -0.3 is 14.2 Å². The molecule has 0 aromatic heterocycles. The van der Waals surface area contributed by atoms with Gasteiger partial charge in [-0.3, -0.25) is 0 Å². The molecule has 84 valence electrons. The molecule has 3 aliphatic rings. The summed E-state index contributed by atoms with van der Waals surface area (Å²) in [4.78, 5) is 0. The topological polar surface area (TPSA) is 34.3 Å². The van der Waals surface area contributed by atoms with E-state index >= 15 is 0 Å². The van der Waals surface area contributed by atoms with E-state index in [1.54, 1.807) is 0 Å². The normalized spacial score (nSPS) is 26.1. The van der Waals surface area contributed by atoms with Crippen LogP contribution in [0.4, 0.5) is 0 Å². The van der Waals surface area contributed by atoms with E-state index in [2.05, 4.69) is 23.3 Å². The highest BCUT2D eigenvalue weighted by atomic mass is 16.6. The van der Waals surface area contributed by atoms with Crippen molar-refractivity contribution in [2.45, 2.75) is 26.7 Å². The highest BCUT2D eigenvalue weighted by Gasteiger charge is 2.20. The van der Waals surface area contributed by atoms with Gasteiger partial charge in [-0.15, -0.1) is 0 Å². The summed E-state index contributed by atoms with van der Waals surface area (Å²) in [6.45, 7) is 10.5. The molecule has 3 heterocycles. The van der Waals surface area contributed by atoms with Crippen molar-refractivity contribution in [3.8, 4) is 0 Å². The Morgan fingerprint density at radius 1 is 0.643 bits per heavy atom. The molecule has 0 aromatic carbocycles. The Hall–Kier alpha value is -0.120. The van der Waals surface area contributed by atoms with Crippen molar-refractivity contribution in [1.29, 1.82) is 0 Å². The van der Waals surface area contributed by atoms with Gasteiger partial charge in [0.05, 0.1) is 26.4 Å². The zero-order chi connectivity index (χ0) is 10.3. The number of rotatable bonds is 0. The largest absolute Gasteiger partial charge is 0.381 e. The summed E-state index contributed by atoms with van der Waals surface area (Å²) in [5.41, 5.74) is 0.554. The summed E-state index contributed by atoms with van der Waals surface area (Å²) in [5, 5.41) is 0. The molecule has 3 aliphatic heterocycles. The number of epoxide rings is 2. The number of hydrogen-bond donors (Lipinski definition) is 0. The molecule has 3 saturated heterocycles. The summed E-state index contributed by atoms with van der Waals surface area (Å²) in [7, 11) is 0. The summed E-state index contributed by atoms with van der Waals surface area (Å²) >= 11 is 0. The second-order valence-corrected chi connectivity index (χ2v) is 4.50. The molecule has 0 radical (unpaired) electrons. The Labute approximate surface area is 86.7 Å². The van der Waals surface area contributed by atoms with E-state index < -0.39 is 0 Å². The van der Waals surface area contributed by atoms with Gasteiger partial charge in [-0.1, -0.05) is 13.8 Å². The predicted octanol–water partition coefficient (Wildman–Crippen LogP) is 1.86. The third-order valence-electron chi connectivity index (χ3n) is 2.25. The van der Waals surface area contributed by atoms with E-state index in [1.165, 1.54) is 12.8 Å². The highest BCUT2D eigenvalue weighted by Crippen LogP contribution is 2.27. The molecule has 3 heteroatoms. The van der Waals surface area contributed by atoms with Gasteiger partial charge >= 0.3 is 0 Å². The second kappa shape index (κ2) is 6.38. The molecule has 0 aromatic rings. The number of ether oxygens (including phenoxy) is 3. The molecular formula is C11H22O3. The summed E-state index contributed by atoms with van der Waals surface area (Å²) in [6.07, 6.45) is 2.46. The van der Waals surface area contributed by atoms with Crippen LogP contribution < -0.4 is 0 Å². The van der Waals surface area contributed by atoms with Crippen molar-refractivity contribution >= 4 is 0 Å².